The highest BCUT2D eigenvalue weighted by Crippen LogP contribution is 2.23. The molecule has 0 aliphatic carbocycles. The number of thiazole rings is 1. The number of rotatable bonds is 5. The molecule has 0 atom stereocenters. The minimum absolute atomic E-state index is 0. The Morgan fingerprint density at radius 2 is 1.96 bits per heavy atom. The first-order valence-corrected chi connectivity index (χ1v) is 9.14. The van der Waals surface area contributed by atoms with Crippen LogP contribution in [0.5, 0.6) is 0 Å². The number of hydrogen-bond acceptors (Lipinski definition) is 4. The minimum atomic E-state index is 0. The molecule has 2 N–H and O–H groups in total. The minimum Gasteiger partial charge on any atom is -0.352 e. The van der Waals surface area contributed by atoms with Crippen molar-refractivity contribution in [1.29, 1.82) is 0 Å². The fourth-order valence-electron chi connectivity index (χ4n) is 2.21. The molecule has 23 heavy (non-hydrogen) atoms. The highest BCUT2D eigenvalue weighted by atomic mass is 127. The molecule has 0 amide bonds. The Bertz CT molecular complexity index is 646. The summed E-state index contributed by atoms with van der Waals surface area (Å²) in [6.45, 7) is 10.2. The molecule has 0 unspecified atom stereocenters. The molecule has 4 nitrogen and oxygen atoms in total. The van der Waals surface area contributed by atoms with Gasteiger partial charge < -0.3 is 10.6 Å². The molecular formula is C16H25IN4S2. The van der Waals surface area contributed by atoms with E-state index < -0.39 is 0 Å². The van der Waals surface area contributed by atoms with Gasteiger partial charge in [0.05, 0.1) is 18.8 Å². The van der Waals surface area contributed by atoms with E-state index in [-0.39, 0.29) is 24.0 Å². The van der Waals surface area contributed by atoms with Gasteiger partial charge in [-0.3, -0.25) is 4.99 Å². The van der Waals surface area contributed by atoms with Crippen LogP contribution in [0.15, 0.2) is 16.4 Å². The summed E-state index contributed by atoms with van der Waals surface area (Å²) in [4.78, 5) is 11.6. The number of aromatic nitrogens is 1. The molecule has 7 heteroatoms. The largest absolute Gasteiger partial charge is 0.352 e. The van der Waals surface area contributed by atoms with Crippen molar-refractivity contribution in [2.24, 2.45) is 4.99 Å². The zero-order valence-corrected chi connectivity index (χ0v) is 18.2. The average molecular weight is 464 g/mol. The second-order valence-corrected chi connectivity index (χ2v) is 7.80. The maximum absolute atomic E-state index is 4.71. The SMILES string of the molecule is CN=C(NCc1nc(C(C)C)c(C)s1)NCc1sccc1C.I. The van der Waals surface area contributed by atoms with Gasteiger partial charge in [-0.1, -0.05) is 13.8 Å². The van der Waals surface area contributed by atoms with Gasteiger partial charge in [0, 0.05) is 16.8 Å². The van der Waals surface area contributed by atoms with Crippen LogP contribution in [0.2, 0.25) is 0 Å². The molecule has 2 rings (SSSR count). The van der Waals surface area contributed by atoms with Gasteiger partial charge in [-0.15, -0.1) is 46.7 Å². The Morgan fingerprint density at radius 3 is 2.48 bits per heavy atom. The average Bonchev–Trinajstić information content (AvgIpc) is 3.05. The van der Waals surface area contributed by atoms with E-state index in [0.717, 1.165) is 17.5 Å². The van der Waals surface area contributed by atoms with E-state index in [1.165, 1.54) is 21.0 Å². The van der Waals surface area contributed by atoms with Crippen LogP contribution in [-0.2, 0) is 13.1 Å². The third-order valence-corrected chi connectivity index (χ3v) is 5.45. The lowest BCUT2D eigenvalue weighted by Gasteiger charge is -2.10. The van der Waals surface area contributed by atoms with Crippen LogP contribution in [0.4, 0.5) is 0 Å². The van der Waals surface area contributed by atoms with E-state index in [2.05, 4.69) is 54.8 Å². The van der Waals surface area contributed by atoms with E-state index in [4.69, 9.17) is 4.98 Å². The first-order chi connectivity index (χ1) is 10.5. The van der Waals surface area contributed by atoms with Crippen molar-refractivity contribution in [3.8, 4) is 0 Å². The molecule has 0 aromatic carbocycles. The Labute approximate surface area is 163 Å². The molecule has 0 saturated heterocycles. The second-order valence-electron chi connectivity index (χ2n) is 5.51. The molecule has 2 aromatic heterocycles. The van der Waals surface area contributed by atoms with Gasteiger partial charge >= 0.3 is 0 Å². The number of aryl methyl sites for hydroxylation is 2. The number of halogens is 1. The summed E-state index contributed by atoms with van der Waals surface area (Å²) in [5.41, 5.74) is 2.53. The highest BCUT2D eigenvalue weighted by molar-refractivity contribution is 14.0. The van der Waals surface area contributed by atoms with Crippen molar-refractivity contribution in [3.63, 3.8) is 0 Å². The van der Waals surface area contributed by atoms with Gasteiger partial charge in [0.2, 0.25) is 0 Å². The predicted octanol–water partition coefficient (Wildman–Crippen LogP) is 4.43. The molecule has 0 aliphatic heterocycles. The molecular weight excluding hydrogens is 439 g/mol. The number of aliphatic imine (C=N–C) groups is 1. The molecule has 0 aliphatic rings. The Kier molecular flexibility index (Phi) is 8.49. The zero-order chi connectivity index (χ0) is 16.1. The zero-order valence-electron chi connectivity index (χ0n) is 14.3. The molecule has 128 valence electrons. The van der Waals surface area contributed by atoms with Crippen LogP contribution in [0.1, 0.15) is 45.8 Å². The van der Waals surface area contributed by atoms with Crippen molar-refractivity contribution < 1.29 is 0 Å². The first kappa shape index (κ1) is 20.4. The lowest BCUT2D eigenvalue weighted by Crippen LogP contribution is -2.36. The quantitative estimate of drug-likeness (QED) is 0.391. The summed E-state index contributed by atoms with van der Waals surface area (Å²) in [5, 5.41) is 9.92. The van der Waals surface area contributed by atoms with Gasteiger partial charge in [0.25, 0.3) is 0 Å². The third kappa shape index (κ3) is 5.72. The van der Waals surface area contributed by atoms with E-state index in [9.17, 15) is 0 Å². The summed E-state index contributed by atoms with van der Waals surface area (Å²) < 4.78 is 0. The number of thiophene rings is 1. The standard InChI is InChI=1S/C16H24N4S2.HI/c1-10(2)15-12(4)22-14(20-15)9-19-16(17-5)18-8-13-11(3)6-7-21-13;/h6-7,10H,8-9H2,1-5H3,(H2,17,18,19);1H. The smallest absolute Gasteiger partial charge is 0.191 e. The van der Waals surface area contributed by atoms with Crippen LogP contribution < -0.4 is 10.6 Å². The number of guanidine groups is 1. The maximum atomic E-state index is 4.71. The third-order valence-electron chi connectivity index (χ3n) is 3.44. The molecule has 2 heterocycles. The molecule has 2 aromatic rings. The van der Waals surface area contributed by atoms with E-state index in [1.54, 1.807) is 29.7 Å². The normalized spacial score (nSPS) is 11.5. The summed E-state index contributed by atoms with van der Waals surface area (Å²) in [6, 6.07) is 2.14. The van der Waals surface area contributed by atoms with Crippen LogP contribution >= 0.6 is 46.7 Å². The predicted molar refractivity (Wildman–Crippen MR) is 112 cm³/mol. The van der Waals surface area contributed by atoms with Crippen molar-refractivity contribution in [2.75, 3.05) is 7.05 Å². The van der Waals surface area contributed by atoms with Crippen LogP contribution in [0, 0.1) is 13.8 Å². The van der Waals surface area contributed by atoms with Gasteiger partial charge in [0.1, 0.15) is 5.01 Å². The monoisotopic (exact) mass is 464 g/mol. The lowest BCUT2D eigenvalue weighted by atomic mass is 10.1. The van der Waals surface area contributed by atoms with Gasteiger partial charge in [-0.05, 0) is 36.8 Å². The number of nitrogens with zero attached hydrogens (tertiary/aromatic N) is 2. The van der Waals surface area contributed by atoms with Crippen LogP contribution in [0.25, 0.3) is 0 Å². The van der Waals surface area contributed by atoms with Gasteiger partial charge in [-0.2, -0.15) is 0 Å². The summed E-state index contributed by atoms with van der Waals surface area (Å²) in [6.07, 6.45) is 0. The maximum Gasteiger partial charge on any atom is 0.191 e. The van der Waals surface area contributed by atoms with Crippen molar-refractivity contribution in [1.82, 2.24) is 15.6 Å². The van der Waals surface area contributed by atoms with E-state index in [1.807, 2.05) is 0 Å². The van der Waals surface area contributed by atoms with Crippen molar-refractivity contribution >= 4 is 52.6 Å². The van der Waals surface area contributed by atoms with E-state index in [0.29, 0.717) is 12.5 Å². The highest BCUT2D eigenvalue weighted by Gasteiger charge is 2.11. The first-order valence-electron chi connectivity index (χ1n) is 7.45. The van der Waals surface area contributed by atoms with Crippen molar-refractivity contribution in [3.05, 3.63) is 37.5 Å². The fourth-order valence-corrected chi connectivity index (χ4v) is 4.08. The van der Waals surface area contributed by atoms with E-state index >= 15 is 0 Å². The topological polar surface area (TPSA) is 49.3 Å². The molecule has 0 saturated carbocycles. The molecule has 0 spiro atoms. The lowest BCUT2D eigenvalue weighted by molar-refractivity contribution is 0.784. The summed E-state index contributed by atoms with van der Waals surface area (Å²) in [7, 11) is 1.79. The second kappa shape index (κ2) is 9.58. The molecule has 0 radical (unpaired) electrons. The summed E-state index contributed by atoms with van der Waals surface area (Å²) in [5.74, 6) is 1.29. The number of hydrogen-bond donors (Lipinski definition) is 2. The van der Waals surface area contributed by atoms with Crippen LogP contribution in [0.3, 0.4) is 0 Å². The fraction of sp³-hybridized carbons (Fsp3) is 0.500. The summed E-state index contributed by atoms with van der Waals surface area (Å²) >= 11 is 3.53. The number of nitrogens with one attached hydrogen (secondary N) is 2. The Morgan fingerprint density at radius 1 is 1.26 bits per heavy atom. The van der Waals surface area contributed by atoms with Gasteiger partial charge in [0.15, 0.2) is 5.96 Å². The van der Waals surface area contributed by atoms with Crippen molar-refractivity contribution in [2.45, 2.75) is 46.7 Å². The van der Waals surface area contributed by atoms with Crippen LogP contribution in [-0.4, -0.2) is 18.0 Å². The molecule has 0 bridgehead atoms. The van der Waals surface area contributed by atoms with Gasteiger partial charge in [-0.25, -0.2) is 4.98 Å². The molecule has 0 fully saturated rings. The Hall–Kier alpha value is -0.670. The Balaban J connectivity index is 0.00000264.